The number of alkyl carbamates (subject to hydrolysis) is 1. The molecule has 0 aliphatic heterocycles. The number of aromatic carboxylic acids is 1. The molecule has 1 heterocycles. The van der Waals surface area contributed by atoms with Crippen LogP contribution >= 0.6 is 12.4 Å². The maximum atomic E-state index is 13.4. The molecule has 51 heavy (non-hydrogen) atoms. The first-order valence-corrected chi connectivity index (χ1v) is 18.6. The Labute approximate surface area is 307 Å². The predicted octanol–water partition coefficient (Wildman–Crippen LogP) is 6.90. The number of nitrogens with one attached hydrogen (secondary N) is 3. The number of sulfonamides is 1. The molecule has 1 spiro atoms. The Balaban J connectivity index is 0.00000583. The molecule has 2 aliphatic carbocycles. The molecule has 0 unspecified atom stereocenters. The number of carboxylic acids is 1. The number of aryl methyl sites for hydroxylation is 2. The molecule has 1 atom stereocenters. The number of hydrogen-bond donors (Lipinski definition) is 4. The van der Waals surface area contributed by atoms with Crippen molar-refractivity contribution >= 4 is 40.4 Å². The van der Waals surface area contributed by atoms with Gasteiger partial charge in [0.15, 0.2) is 0 Å². The molecule has 3 aromatic rings. The molecule has 1 aromatic heterocycles. The van der Waals surface area contributed by atoms with Gasteiger partial charge in [-0.2, -0.15) is 4.98 Å². The minimum absolute atomic E-state index is 0. The van der Waals surface area contributed by atoms with Crippen LogP contribution in [-0.4, -0.2) is 65.9 Å². The highest BCUT2D eigenvalue weighted by molar-refractivity contribution is 7.92. The van der Waals surface area contributed by atoms with E-state index in [1.165, 1.54) is 18.2 Å². The summed E-state index contributed by atoms with van der Waals surface area (Å²) in [5, 5.41) is 16.2. The van der Waals surface area contributed by atoms with Gasteiger partial charge in [-0.05, 0) is 107 Å². The Hall–Kier alpha value is -3.94. The summed E-state index contributed by atoms with van der Waals surface area (Å²) in [6.07, 6.45) is 4.42. The number of rotatable bonds is 13. The summed E-state index contributed by atoms with van der Waals surface area (Å²) in [6.45, 7) is 14.1. The second kappa shape index (κ2) is 15.7. The molecule has 2 saturated carbocycles. The van der Waals surface area contributed by atoms with Gasteiger partial charge in [0.25, 0.3) is 10.0 Å². The number of ether oxygens (including phenoxy) is 2. The van der Waals surface area contributed by atoms with Gasteiger partial charge in [-0.25, -0.2) is 27.7 Å². The SMILES string of the molecule is Cc1cccc(C)c1-c1cc(OC[C@@H](CC(C)C)NC2CC3(CC(NC(=O)OC(C)(C)C)C3)C2)nc(NS(=O)(=O)c2cccc(C(=O)O)c2)n1.Cl. The highest BCUT2D eigenvalue weighted by atomic mass is 35.5. The predicted molar refractivity (Wildman–Crippen MR) is 198 cm³/mol. The van der Waals surface area contributed by atoms with Gasteiger partial charge in [0.2, 0.25) is 11.8 Å². The molecule has 2 fully saturated rings. The number of carboxylic acid groups (broad SMARTS) is 1. The highest BCUT2D eigenvalue weighted by Gasteiger charge is 2.53. The van der Waals surface area contributed by atoms with E-state index in [0.717, 1.165) is 54.9 Å². The molecule has 0 saturated heterocycles. The molecular formula is C37H50ClN5O7S. The second-order valence-electron chi connectivity index (χ2n) is 15.3. The van der Waals surface area contributed by atoms with Crippen LogP contribution in [0.25, 0.3) is 11.3 Å². The Morgan fingerprint density at radius 3 is 2.22 bits per heavy atom. The van der Waals surface area contributed by atoms with Crippen molar-refractivity contribution in [1.29, 1.82) is 0 Å². The maximum absolute atomic E-state index is 13.4. The zero-order valence-corrected chi connectivity index (χ0v) is 31.9. The average Bonchev–Trinajstić information content (AvgIpc) is 2.96. The number of halogens is 1. The number of benzene rings is 2. The Morgan fingerprint density at radius 1 is 0.980 bits per heavy atom. The van der Waals surface area contributed by atoms with Gasteiger partial charge in [0.1, 0.15) is 12.2 Å². The highest BCUT2D eigenvalue weighted by Crippen LogP contribution is 2.56. The van der Waals surface area contributed by atoms with E-state index in [9.17, 15) is 23.1 Å². The fourth-order valence-corrected chi connectivity index (χ4v) is 8.13. The third kappa shape index (κ3) is 10.3. The molecule has 1 amide bonds. The van der Waals surface area contributed by atoms with E-state index in [2.05, 4.69) is 39.2 Å². The van der Waals surface area contributed by atoms with Gasteiger partial charge >= 0.3 is 12.1 Å². The molecule has 2 aromatic carbocycles. The molecule has 0 bridgehead atoms. The lowest BCUT2D eigenvalue weighted by Gasteiger charge is -2.58. The quantitative estimate of drug-likeness (QED) is 0.145. The van der Waals surface area contributed by atoms with Crippen molar-refractivity contribution in [1.82, 2.24) is 20.6 Å². The molecule has 5 rings (SSSR count). The van der Waals surface area contributed by atoms with E-state index in [1.54, 1.807) is 6.07 Å². The van der Waals surface area contributed by atoms with E-state index in [-0.39, 0.29) is 58.3 Å². The maximum Gasteiger partial charge on any atom is 0.407 e. The summed E-state index contributed by atoms with van der Waals surface area (Å²) < 4.78 is 40.9. The van der Waals surface area contributed by atoms with Gasteiger partial charge in [0, 0.05) is 29.8 Å². The van der Waals surface area contributed by atoms with Gasteiger partial charge < -0.3 is 25.2 Å². The summed E-state index contributed by atoms with van der Waals surface area (Å²) in [4.78, 5) is 32.5. The second-order valence-corrected chi connectivity index (χ2v) is 17.0. The molecule has 12 nitrogen and oxygen atoms in total. The minimum Gasteiger partial charge on any atom is -0.478 e. The normalized spacial score (nSPS) is 20.4. The lowest BCUT2D eigenvalue weighted by molar-refractivity contribution is -0.0376. The monoisotopic (exact) mass is 743 g/mol. The van der Waals surface area contributed by atoms with Crippen LogP contribution in [-0.2, 0) is 14.8 Å². The van der Waals surface area contributed by atoms with Crippen molar-refractivity contribution in [2.75, 3.05) is 11.3 Å². The first-order chi connectivity index (χ1) is 23.4. The Bertz CT molecular complexity index is 1810. The molecular weight excluding hydrogens is 694 g/mol. The van der Waals surface area contributed by atoms with Crippen LogP contribution in [0.1, 0.15) is 88.2 Å². The number of nitrogens with zero attached hydrogens (tertiary/aromatic N) is 2. The lowest BCUT2D eigenvalue weighted by Crippen LogP contribution is -2.62. The lowest BCUT2D eigenvalue weighted by atomic mass is 9.52. The van der Waals surface area contributed by atoms with Crippen LogP contribution < -0.4 is 20.1 Å². The number of aromatic nitrogens is 2. The van der Waals surface area contributed by atoms with Crippen molar-refractivity contribution in [3.63, 3.8) is 0 Å². The molecule has 14 heteroatoms. The van der Waals surface area contributed by atoms with E-state index < -0.39 is 21.6 Å². The van der Waals surface area contributed by atoms with Crippen molar-refractivity contribution in [2.45, 2.75) is 109 Å². The minimum atomic E-state index is -4.23. The third-order valence-electron chi connectivity index (χ3n) is 9.16. The summed E-state index contributed by atoms with van der Waals surface area (Å²) in [7, 11) is -4.23. The Morgan fingerprint density at radius 2 is 1.61 bits per heavy atom. The van der Waals surface area contributed by atoms with Crippen LogP contribution in [0, 0.1) is 25.2 Å². The van der Waals surface area contributed by atoms with Gasteiger partial charge in [0.05, 0.1) is 16.2 Å². The summed E-state index contributed by atoms with van der Waals surface area (Å²) >= 11 is 0. The number of hydrogen-bond acceptors (Lipinski definition) is 9. The van der Waals surface area contributed by atoms with Crippen molar-refractivity contribution in [2.24, 2.45) is 11.3 Å². The van der Waals surface area contributed by atoms with Gasteiger partial charge in [-0.15, -0.1) is 12.4 Å². The summed E-state index contributed by atoms with van der Waals surface area (Å²) in [5.74, 6) is -0.810. The standard InChI is InChI=1S/C37H49N5O7S.ClH/c1-22(2)14-26(38-27-17-37(18-27)19-28(20-37)39-35(45)49-36(5,6)7)21-48-31-16-30(32-23(3)10-8-11-24(32)4)40-34(41-31)42-50(46,47)29-13-9-12-25(15-29)33(43)44;/h8-13,15-16,22,26-28,38H,14,17-21H2,1-7H3,(H,39,45)(H,43,44)(H,40,41,42);1H/t26-,27?,28?,37?;/m1./s1. The van der Waals surface area contributed by atoms with Crippen molar-refractivity contribution in [3.05, 3.63) is 65.2 Å². The molecule has 4 N–H and O–H groups in total. The van der Waals surface area contributed by atoms with E-state index in [4.69, 9.17) is 9.47 Å². The van der Waals surface area contributed by atoms with Crippen LogP contribution in [0.2, 0.25) is 0 Å². The smallest absolute Gasteiger partial charge is 0.407 e. The van der Waals surface area contributed by atoms with Crippen LogP contribution in [0.15, 0.2) is 53.4 Å². The van der Waals surface area contributed by atoms with Crippen LogP contribution in [0.5, 0.6) is 5.88 Å². The summed E-state index contributed by atoms with van der Waals surface area (Å²) in [6, 6.07) is 13.2. The van der Waals surface area contributed by atoms with E-state index >= 15 is 0 Å². The van der Waals surface area contributed by atoms with Crippen molar-refractivity contribution in [3.8, 4) is 17.1 Å². The number of anilines is 1. The molecule has 0 radical (unpaired) electrons. The Kier molecular flexibility index (Phi) is 12.3. The molecule has 278 valence electrons. The number of carbonyl (C=O) groups excluding carboxylic acids is 1. The van der Waals surface area contributed by atoms with Crippen LogP contribution in [0.3, 0.4) is 0 Å². The van der Waals surface area contributed by atoms with Crippen LogP contribution in [0.4, 0.5) is 10.7 Å². The average molecular weight is 744 g/mol. The van der Waals surface area contributed by atoms with E-state index in [1.807, 2.05) is 52.8 Å². The third-order valence-corrected chi connectivity index (χ3v) is 10.5. The zero-order chi connectivity index (χ0) is 36.4. The fraction of sp³-hybridized carbons (Fsp3) is 0.514. The fourth-order valence-electron chi connectivity index (χ4n) is 7.14. The number of carbonyl (C=O) groups is 2. The summed E-state index contributed by atoms with van der Waals surface area (Å²) in [5.41, 5.74) is 2.80. The van der Waals surface area contributed by atoms with E-state index in [0.29, 0.717) is 24.3 Å². The van der Waals surface area contributed by atoms with Gasteiger partial charge in [-0.1, -0.05) is 38.1 Å². The van der Waals surface area contributed by atoms with Gasteiger partial charge in [-0.3, -0.25) is 0 Å². The van der Waals surface area contributed by atoms with Crippen molar-refractivity contribution < 1.29 is 32.6 Å². The first kappa shape index (κ1) is 39.8. The zero-order valence-electron chi connectivity index (χ0n) is 30.3. The molecule has 2 aliphatic rings. The topological polar surface area (TPSA) is 169 Å². The first-order valence-electron chi connectivity index (χ1n) is 17.1. The largest absolute Gasteiger partial charge is 0.478 e. The number of amides is 1.